The molecule has 1 saturated heterocycles. The first-order chi connectivity index (χ1) is 9.62. The molecule has 1 aromatic rings. The number of sulfone groups is 1. The minimum atomic E-state index is -3.35. The molecule has 1 aromatic carbocycles. The lowest BCUT2D eigenvalue weighted by Gasteiger charge is -2.23. The molecule has 1 N–H and O–H groups in total. The monoisotopic (exact) mass is 294 g/mol. The molecule has 1 fully saturated rings. The van der Waals surface area contributed by atoms with Crippen LogP contribution >= 0.6 is 0 Å². The highest BCUT2D eigenvalue weighted by Gasteiger charge is 2.17. The molecule has 1 heterocycles. The van der Waals surface area contributed by atoms with Crippen LogP contribution < -0.4 is 5.32 Å². The van der Waals surface area contributed by atoms with E-state index >= 15 is 0 Å². The molecule has 20 heavy (non-hydrogen) atoms. The van der Waals surface area contributed by atoms with Gasteiger partial charge in [-0.1, -0.05) is 6.07 Å². The lowest BCUT2D eigenvalue weighted by molar-refractivity contribution is 0.0712. The first-order valence-electron chi connectivity index (χ1n) is 6.66. The fourth-order valence-corrected chi connectivity index (χ4v) is 3.39. The van der Waals surface area contributed by atoms with E-state index in [1.165, 1.54) is 12.1 Å². The van der Waals surface area contributed by atoms with E-state index in [2.05, 4.69) is 5.32 Å². The van der Waals surface area contributed by atoms with Crippen LogP contribution in [0.3, 0.4) is 0 Å². The minimum absolute atomic E-state index is 0.0262. The van der Waals surface area contributed by atoms with Crippen molar-refractivity contribution in [2.45, 2.75) is 23.8 Å². The van der Waals surface area contributed by atoms with Gasteiger partial charge >= 0.3 is 0 Å². The number of ether oxygens (including phenoxy) is 1. The molecule has 1 aliphatic heterocycles. The zero-order valence-corrected chi connectivity index (χ0v) is 12.0. The Morgan fingerprint density at radius 2 is 2.30 bits per heavy atom. The first-order valence-corrected chi connectivity index (χ1v) is 8.31. The summed E-state index contributed by atoms with van der Waals surface area (Å²) >= 11 is 0. The van der Waals surface area contributed by atoms with Gasteiger partial charge in [0.2, 0.25) is 0 Å². The number of nitrogens with zero attached hydrogens (tertiary/aromatic N) is 1. The van der Waals surface area contributed by atoms with E-state index in [-0.39, 0.29) is 16.7 Å². The number of benzene rings is 1. The third-order valence-electron chi connectivity index (χ3n) is 3.29. The van der Waals surface area contributed by atoms with Crippen LogP contribution in [0, 0.1) is 11.3 Å². The average molecular weight is 294 g/mol. The molecule has 1 unspecified atom stereocenters. The molecule has 0 saturated carbocycles. The molecule has 0 aliphatic carbocycles. The highest BCUT2D eigenvalue weighted by molar-refractivity contribution is 7.91. The Morgan fingerprint density at radius 3 is 3.00 bits per heavy atom. The van der Waals surface area contributed by atoms with Crippen molar-refractivity contribution in [1.82, 2.24) is 5.32 Å². The topological polar surface area (TPSA) is 79.2 Å². The van der Waals surface area contributed by atoms with Gasteiger partial charge in [-0.2, -0.15) is 5.26 Å². The van der Waals surface area contributed by atoms with Crippen LogP contribution in [-0.4, -0.2) is 40.0 Å². The van der Waals surface area contributed by atoms with E-state index in [4.69, 9.17) is 10.00 Å². The predicted molar refractivity (Wildman–Crippen MR) is 75.1 cm³/mol. The lowest BCUT2D eigenvalue weighted by atomic mass is 10.1. The normalized spacial score (nSPS) is 19.4. The second kappa shape index (κ2) is 6.84. The molecule has 6 heteroatoms. The fourth-order valence-electron chi connectivity index (χ4n) is 2.18. The third kappa shape index (κ3) is 4.04. The van der Waals surface area contributed by atoms with Crippen molar-refractivity contribution in [2.24, 2.45) is 0 Å². The van der Waals surface area contributed by atoms with Crippen molar-refractivity contribution >= 4 is 9.84 Å². The van der Waals surface area contributed by atoms with Crippen molar-refractivity contribution in [1.29, 1.82) is 5.26 Å². The number of hydrogen-bond acceptors (Lipinski definition) is 5. The first kappa shape index (κ1) is 15.0. The maximum Gasteiger partial charge on any atom is 0.179 e. The molecule has 5 nitrogen and oxygen atoms in total. The number of nitriles is 1. The summed E-state index contributed by atoms with van der Waals surface area (Å²) in [7, 11) is -3.35. The van der Waals surface area contributed by atoms with Gasteiger partial charge in [-0.15, -0.1) is 0 Å². The Kier molecular flexibility index (Phi) is 5.12. The average Bonchev–Trinajstić information content (AvgIpc) is 2.48. The van der Waals surface area contributed by atoms with Crippen LogP contribution in [-0.2, 0) is 14.6 Å². The predicted octanol–water partition coefficient (Wildman–Crippen LogP) is 1.10. The highest BCUT2D eigenvalue weighted by Crippen LogP contribution is 2.13. The summed E-state index contributed by atoms with van der Waals surface area (Å²) in [6.07, 6.45) is 2.03. The van der Waals surface area contributed by atoms with Crippen molar-refractivity contribution in [3.8, 4) is 6.07 Å². The molecule has 0 spiro atoms. The van der Waals surface area contributed by atoms with Gasteiger partial charge in [-0.3, -0.25) is 0 Å². The summed E-state index contributed by atoms with van der Waals surface area (Å²) in [4.78, 5) is 0.207. The molecule has 108 valence electrons. The largest absolute Gasteiger partial charge is 0.380 e. The molecule has 1 aliphatic rings. The second-order valence-corrected chi connectivity index (χ2v) is 6.94. The molecular weight excluding hydrogens is 276 g/mol. The standard InChI is InChI=1S/C14H18N2O3S/c15-10-12-3-1-5-14(9-12)20(17,18)8-6-16-13-4-2-7-19-11-13/h1,3,5,9,13,16H,2,4,6-8,11H2. The van der Waals surface area contributed by atoms with E-state index in [0.29, 0.717) is 18.7 Å². The van der Waals surface area contributed by atoms with Crippen LogP contribution in [0.4, 0.5) is 0 Å². The van der Waals surface area contributed by atoms with Gasteiger partial charge in [0.1, 0.15) is 0 Å². The SMILES string of the molecule is N#Cc1cccc(S(=O)(=O)CCNC2CCCOC2)c1. The summed E-state index contributed by atoms with van der Waals surface area (Å²) in [6, 6.07) is 8.32. The van der Waals surface area contributed by atoms with E-state index < -0.39 is 9.84 Å². The van der Waals surface area contributed by atoms with Gasteiger partial charge in [-0.05, 0) is 31.0 Å². The van der Waals surface area contributed by atoms with Crippen LogP contribution in [0.15, 0.2) is 29.2 Å². The fraction of sp³-hybridized carbons (Fsp3) is 0.500. The van der Waals surface area contributed by atoms with Gasteiger partial charge in [-0.25, -0.2) is 8.42 Å². The zero-order chi connectivity index (χ0) is 14.4. The Balaban J connectivity index is 1.91. The van der Waals surface area contributed by atoms with Crippen LogP contribution in [0.1, 0.15) is 18.4 Å². The summed E-state index contributed by atoms with van der Waals surface area (Å²) in [5, 5.41) is 12.0. The zero-order valence-electron chi connectivity index (χ0n) is 11.2. The van der Waals surface area contributed by atoms with Crippen molar-refractivity contribution in [3.63, 3.8) is 0 Å². The van der Waals surface area contributed by atoms with Gasteiger partial charge < -0.3 is 10.1 Å². The summed E-state index contributed by atoms with van der Waals surface area (Å²) in [5.74, 6) is 0.0262. The highest BCUT2D eigenvalue weighted by atomic mass is 32.2. The van der Waals surface area contributed by atoms with E-state index in [1.54, 1.807) is 12.1 Å². The number of rotatable bonds is 5. The van der Waals surface area contributed by atoms with Crippen LogP contribution in [0.5, 0.6) is 0 Å². The van der Waals surface area contributed by atoms with Crippen LogP contribution in [0.25, 0.3) is 0 Å². The Morgan fingerprint density at radius 1 is 1.45 bits per heavy atom. The molecule has 0 aromatic heterocycles. The van der Waals surface area contributed by atoms with Crippen molar-refractivity contribution in [2.75, 3.05) is 25.5 Å². The quantitative estimate of drug-likeness (QED) is 0.879. The molecule has 0 amide bonds. The minimum Gasteiger partial charge on any atom is -0.380 e. The third-order valence-corrected chi connectivity index (χ3v) is 5.00. The second-order valence-electron chi connectivity index (χ2n) is 4.83. The molecule has 0 radical (unpaired) electrons. The molecule has 2 rings (SSSR count). The maximum absolute atomic E-state index is 12.2. The maximum atomic E-state index is 12.2. The summed E-state index contributed by atoms with van der Waals surface area (Å²) in [5.41, 5.74) is 0.361. The Bertz CT molecular complexity index is 587. The molecule has 1 atom stereocenters. The van der Waals surface area contributed by atoms with E-state index in [9.17, 15) is 8.42 Å². The lowest BCUT2D eigenvalue weighted by Crippen LogP contribution is -2.39. The van der Waals surface area contributed by atoms with Gasteiger partial charge in [0.05, 0.1) is 28.9 Å². The smallest absolute Gasteiger partial charge is 0.179 e. The molecule has 0 bridgehead atoms. The Labute approximate surface area is 119 Å². The Hall–Kier alpha value is -1.42. The van der Waals surface area contributed by atoms with Gasteiger partial charge in [0.25, 0.3) is 0 Å². The number of hydrogen-bond donors (Lipinski definition) is 1. The summed E-state index contributed by atoms with van der Waals surface area (Å²) in [6.45, 7) is 1.83. The van der Waals surface area contributed by atoms with Crippen molar-refractivity contribution < 1.29 is 13.2 Å². The van der Waals surface area contributed by atoms with Gasteiger partial charge in [0, 0.05) is 19.2 Å². The van der Waals surface area contributed by atoms with E-state index in [1.807, 2.05) is 6.07 Å². The van der Waals surface area contributed by atoms with Crippen LogP contribution in [0.2, 0.25) is 0 Å². The van der Waals surface area contributed by atoms with Gasteiger partial charge in [0.15, 0.2) is 9.84 Å². The molecular formula is C14H18N2O3S. The summed E-state index contributed by atoms with van der Waals surface area (Å²) < 4.78 is 29.7. The van der Waals surface area contributed by atoms with E-state index in [0.717, 1.165) is 19.4 Å². The van der Waals surface area contributed by atoms with Crippen molar-refractivity contribution in [3.05, 3.63) is 29.8 Å². The number of nitrogens with one attached hydrogen (secondary N) is 1.